The molecule has 1 aliphatic rings. The molecular weight excluding hydrogens is 290 g/mol. The van der Waals surface area contributed by atoms with Crippen molar-refractivity contribution in [3.05, 3.63) is 29.8 Å². The first kappa shape index (κ1) is 17.5. The van der Waals surface area contributed by atoms with Crippen molar-refractivity contribution >= 4 is 17.5 Å². The van der Waals surface area contributed by atoms with Crippen molar-refractivity contribution in [3.8, 4) is 0 Å². The van der Waals surface area contributed by atoms with Crippen LogP contribution in [0.4, 0.5) is 5.69 Å². The highest BCUT2D eigenvalue weighted by molar-refractivity contribution is 5.97. The molecule has 0 bridgehead atoms. The molecule has 1 aromatic rings. The fourth-order valence-corrected chi connectivity index (χ4v) is 2.71. The van der Waals surface area contributed by atoms with E-state index in [9.17, 15) is 9.59 Å². The quantitative estimate of drug-likeness (QED) is 0.877. The van der Waals surface area contributed by atoms with Gasteiger partial charge in [0.25, 0.3) is 5.91 Å². The number of benzene rings is 1. The lowest BCUT2D eigenvalue weighted by molar-refractivity contribution is -0.117. The summed E-state index contributed by atoms with van der Waals surface area (Å²) >= 11 is 0. The second-order valence-electron chi connectivity index (χ2n) is 6.72. The van der Waals surface area contributed by atoms with Crippen molar-refractivity contribution < 1.29 is 9.59 Å². The van der Waals surface area contributed by atoms with Crippen molar-refractivity contribution in [2.24, 2.45) is 5.92 Å². The summed E-state index contributed by atoms with van der Waals surface area (Å²) in [4.78, 5) is 26.4. The zero-order valence-corrected chi connectivity index (χ0v) is 14.3. The first-order valence-corrected chi connectivity index (χ1v) is 8.37. The van der Waals surface area contributed by atoms with Gasteiger partial charge in [0, 0.05) is 17.3 Å². The van der Waals surface area contributed by atoms with Gasteiger partial charge in [0.2, 0.25) is 5.91 Å². The van der Waals surface area contributed by atoms with Gasteiger partial charge >= 0.3 is 0 Å². The predicted molar refractivity (Wildman–Crippen MR) is 92.5 cm³/mol. The van der Waals surface area contributed by atoms with Crippen LogP contribution in [0.2, 0.25) is 0 Å². The molecule has 5 nitrogen and oxygen atoms in total. The maximum Gasteiger partial charge on any atom is 0.251 e. The van der Waals surface area contributed by atoms with E-state index in [4.69, 9.17) is 0 Å². The molecule has 1 saturated heterocycles. The van der Waals surface area contributed by atoms with E-state index in [2.05, 4.69) is 22.5 Å². The van der Waals surface area contributed by atoms with Crippen LogP contribution in [0.1, 0.15) is 44.0 Å². The Morgan fingerprint density at radius 1 is 1.26 bits per heavy atom. The molecule has 2 rings (SSSR count). The number of carbonyl (C=O) groups excluding carboxylic acids is 2. The summed E-state index contributed by atoms with van der Waals surface area (Å²) in [6.45, 7) is 8.46. The molecule has 0 saturated carbocycles. The van der Waals surface area contributed by atoms with Crippen molar-refractivity contribution in [3.63, 3.8) is 0 Å². The third-order valence-corrected chi connectivity index (χ3v) is 4.07. The van der Waals surface area contributed by atoms with Gasteiger partial charge < -0.3 is 10.6 Å². The van der Waals surface area contributed by atoms with Crippen molar-refractivity contribution in [2.45, 2.75) is 39.7 Å². The molecule has 1 aliphatic heterocycles. The van der Waals surface area contributed by atoms with E-state index in [1.54, 1.807) is 18.2 Å². The molecule has 1 heterocycles. The molecule has 126 valence electrons. The fraction of sp³-hybridized carbons (Fsp3) is 0.556. The van der Waals surface area contributed by atoms with Crippen LogP contribution in [0.15, 0.2) is 24.3 Å². The lowest BCUT2D eigenvalue weighted by Gasteiger charge is -2.29. The molecular formula is C18H27N3O2. The first-order chi connectivity index (χ1) is 10.9. The van der Waals surface area contributed by atoms with Crippen LogP contribution < -0.4 is 10.6 Å². The van der Waals surface area contributed by atoms with Gasteiger partial charge in [0.05, 0.1) is 6.54 Å². The Morgan fingerprint density at radius 3 is 2.61 bits per heavy atom. The van der Waals surface area contributed by atoms with Crippen LogP contribution in [0.3, 0.4) is 0 Å². The van der Waals surface area contributed by atoms with E-state index in [1.165, 1.54) is 0 Å². The Labute approximate surface area is 138 Å². The highest BCUT2D eigenvalue weighted by Gasteiger charge is 2.18. The zero-order chi connectivity index (χ0) is 16.8. The van der Waals surface area contributed by atoms with Crippen molar-refractivity contribution in [2.75, 3.05) is 25.0 Å². The molecule has 23 heavy (non-hydrogen) atoms. The van der Waals surface area contributed by atoms with Gasteiger partial charge in [0.1, 0.15) is 0 Å². The molecule has 0 spiro atoms. The van der Waals surface area contributed by atoms with Crippen molar-refractivity contribution in [1.82, 2.24) is 10.2 Å². The lowest BCUT2D eigenvalue weighted by Crippen LogP contribution is -2.38. The largest absolute Gasteiger partial charge is 0.350 e. The van der Waals surface area contributed by atoms with Crippen LogP contribution in [-0.2, 0) is 4.79 Å². The predicted octanol–water partition coefficient (Wildman–Crippen LogP) is 2.50. The van der Waals surface area contributed by atoms with Crippen LogP contribution in [0.25, 0.3) is 0 Å². The molecule has 0 aliphatic carbocycles. The van der Waals surface area contributed by atoms with E-state index >= 15 is 0 Å². The zero-order valence-electron chi connectivity index (χ0n) is 14.3. The highest BCUT2D eigenvalue weighted by Crippen LogP contribution is 2.16. The summed E-state index contributed by atoms with van der Waals surface area (Å²) in [5, 5.41) is 5.74. The topological polar surface area (TPSA) is 61.4 Å². The second kappa shape index (κ2) is 8.11. The maximum atomic E-state index is 12.2. The Morgan fingerprint density at radius 2 is 1.96 bits per heavy atom. The number of hydrogen-bond acceptors (Lipinski definition) is 3. The minimum absolute atomic E-state index is 0.0269. The third kappa shape index (κ3) is 5.67. The molecule has 0 unspecified atom stereocenters. The Bertz CT molecular complexity index is 549. The SMILES string of the molecule is CC1CCN(CC(=O)Nc2cccc(C(=O)NC(C)C)c2)CC1. The van der Waals surface area contributed by atoms with Crippen LogP contribution in [0, 0.1) is 5.92 Å². The normalized spacial score (nSPS) is 16.3. The Hall–Kier alpha value is -1.88. The minimum Gasteiger partial charge on any atom is -0.350 e. The molecule has 1 aromatic carbocycles. The smallest absolute Gasteiger partial charge is 0.251 e. The average Bonchev–Trinajstić information content (AvgIpc) is 2.49. The molecule has 2 N–H and O–H groups in total. The van der Waals surface area contributed by atoms with Gasteiger partial charge in [-0.1, -0.05) is 13.0 Å². The molecule has 0 radical (unpaired) electrons. The number of hydrogen-bond donors (Lipinski definition) is 2. The molecule has 0 atom stereocenters. The van der Waals surface area contributed by atoms with Gasteiger partial charge in [-0.2, -0.15) is 0 Å². The number of nitrogens with one attached hydrogen (secondary N) is 2. The van der Waals surface area contributed by atoms with Crippen molar-refractivity contribution in [1.29, 1.82) is 0 Å². The fourth-order valence-electron chi connectivity index (χ4n) is 2.71. The average molecular weight is 317 g/mol. The van der Waals surface area contributed by atoms with E-state index in [1.807, 2.05) is 19.9 Å². The van der Waals surface area contributed by atoms with E-state index in [0.717, 1.165) is 31.8 Å². The van der Waals surface area contributed by atoms with Gasteiger partial charge in [-0.3, -0.25) is 14.5 Å². The van der Waals surface area contributed by atoms with E-state index in [0.29, 0.717) is 17.8 Å². The van der Waals surface area contributed by atoms with Gasteiger partial charge in [-0.15, -0.1) is 0 Å². The number of carbonyl (C=O) groups is 2. The summed E-state index contributed by atoms with van der Waals surface area (Å²) in [6.07, 6.45) is 2.30. The number of piperidine rings is 1. The monoisotopic (exact) mass is 317 g/mol. The number of amides is 2. The number of rotatable bonds is 5. The van der Waals surface area contributed by atoms with E-state index < -0.39 is 0 Å². The van der Waals surface area contributed by atoms with Crippen LogP contribution >= 0.6 is 0 Å². The number of likely N-dealkylation sites (tertiary alicyclic amines) is 1. The van der Waals surface area contributed by atoms with Crippen LogP contribution in [-0.4, -0.2) is 42.4 Å². The summed E-state index contributed by atoms with van der Waals surface area (Å²) in [5.41, 5.74) is 1.22. The summed E-state index contributed by atoms with van der Waals surface area (Å²) < 4.78 is 0. The summed E-state index contributed by atoms with van der Waals surface area (Å²) in [6, 6.07) is 7.14. The second-order valence-corrected chi connectivity index (χ2v) is 6.72. The molecule has 5 heteroatoms. The molecule has 0 aromatic heterocycles. The first-order valence-electron chi connectivity index (χ1n) is 8.37. The molecule has 2 amide bonds. The maximum absolute atomic E-state index is 12.2. The number of nitrogens with zero attached hydrogens (tertiary/aromatic N) is 1. The summed E-state index contributed by atoms with van der Waals surface area (Å²) in [5.74, 6) is 0.604. The van der Waals surface area contributed by atoms with Gasteiger partial charge in [-0.25, -0.2) is 0 Å². The molecule has 1 fully saturated rings. The standard InChI is InChI=1S/C18H27N3O2/c1-13(2)19-18(23)15-5-4-6-16(11-15)20-17(22)12-21-9-7-14(3)8-10-21/h4-6,11,13-14H,7-10,12H2,1-3H3,(H,19,23)(H,20,22). The van der Waals surface area contributed by atoms with Crippen LogP contribution in [0.5, 0.6) is 0 Å². The Kier molecular flexibility index (Phi) is 6.16. The number of anilines is 1. The minimum atomic E-state index is -0.124. The van der Waals surface area contributed by atoms with E-state index in [-0.39, 0.29) is 17.9 Å². The van der Waals surface area contributed by atoms with Gasteiger partial charge in [0.15, 0.2) is 0 Å². The Balaban J connectivity index is 1.89. The lowest BCUT2D eigenvalue weighted by atomic mass is 9.99. The summed E-state index contributed by atoms with van der Waals surface area (Å²) in [7, 11) is 0. The third-order valence-electron chi connectivity index (χ3n) is 4.07. The van der Waals surface area contributed by atoms with Gasteiger partial charge in [-0.05, 0) is 63.9 Å². The highest BCUT2D eigenvalue weighted by atomic mass is 16.2.